The quantitative estimate of drug-likeness (QED) is 0.0273. The highest BCUT2D eigenvalue weighted by atomic mass is 16.5. The standard InChI is InChI=1S/C51H82N2O7/c1-3-5-7-9-11-13-15-17-19-20-22-24-26-28-30-35-39-43-50(57)60-46(40-36-32-29-27-25-23-21-18-16-14-12-10-8-6-4-2)41-37-33-31-34-38-42-48(55)52-44-49(56)53-47(45-54)51(58)59/h5-8,11-14,17-19,21-22,24-25,27,46-47,54H,3-4,9-10,15-16,20,23,26,28-45H2,1-2H3,(H,52,55)(H,53,56)(H,58,59)/b7-5-,8-6-,13-11-,14-12-,19-17-,21-18-,24-22-,27-25-. The summed E-state index contributed by atoms with van der Waals surface area (Å²) in [6.07, 6.45) is 58.6. The minimum absolute atomic E-state index is 0.0726. The number of unbranched alkanes of at least 4 members (excludes halogenated alkanes) is 10. The maximum absolute atomic E-state index is 12.8. The Morgan fingerprint density at radius 1 is 0.500 bits per heavy atom. The van der Waals surface area contributed by atoms with Gasteiger partial charge in [0.1, 0.15) is 12.1 Å². The number of aliphatic carboxylic acids is 1. The van der Waals surface area contributed by atoms with Crippen LogP contribution < -0.4 is 10.6 Å². The van der Waals surface area contributed by atoms with Crippen LogP contribution in [-0.2, 0) is 23.9 Å². The second-order valence-corrected chi connectivity index (χ2v) is 15.1. The van der Waals surface area contributed by atoms with Crippen molar-refractivity contribution in [1.82, 2.24) is 10.6 Å². The number of carboxylic acid groups (broad SMARTS) is 1. The average Bonchev–Trinajstić information content (AvgIpc) is 3.23. The van der Waals surface area contributed by atoms with Crippen LogP contribution in [0.5, 0.6) is 0 Å². The number of carbonyl (C=O) groups excluding carboxylic acids is 3. The van der Waals surface area contributed by atoms with E-state index in [1.165, 1.54) is 0 Å². The van der Waals surface area contributed by atoms with Crippen molar-refractivity contribution in [2.45, 2.75) is 187 Å². The van der Waals surface area contributed by atoms with Crippen LogP contribution in [0.2, 0.25) is 0 Å². The third kappa shape index (κ3) is 40.5. The van der Waals surface area contributed by atoms with Crippen LogP contribution in [0.4, 0.5) is 0 Å². The number of hydrogen-bond donors (Lipinski definition) is 4. The fourth-order valence-corrected chi connectivity index (χ4v) is 6.11. The molecule has 0 radical (unpaired) electrons. The highest BCUT2D eigenvalue weighted by molar-refractivity contribution is 5.87. The molecule has 9 nitrogen and oxygen atoms in total. The first-order chi connectivity index (χ1) is 29.3. The van der Waals surface area contributed by atoms with Gasteiger partial charge in [-0.15, -0.1) is 0 Å². The van der Waals surface area contributed by atoms with Gasteiger partial charge in [-0.25, -0.2) is 4.79 Å². The van der Waals surface area contributed by atoms with Gasteiger partial charge in [0.25, 0.3) is 0 Å². The molecule has 4 N–H and O–H groups in total. The third-order valence-electron chi connectivity index (χ3n) is 9.58. The molecule has 0 fully saturated rings. The molecule has 0 saturated carbocycles. The number of amides is 2. The van der Waals surface area contributed by atoms with Crippen molar-refractivity contribution < 1.29 is 34.1 Å². The number of rotatable bonds is 40. The van der Waals surface area contributed by atoms with E-state index in [0.29, 0.717) is 12.8 Å². The molecule has 0 bridgehead atoms. The van der Waals surface area contributed by atoms with Crippen molar-refractivity contribution in [3.63, 3.8) is 0 Å². The second kappa shape index (κ2) is 44.3. The van der Waals surface area contributed by atoms with Crippen LogP contribution in [0, 0.1) is 0 Å². The van der Waals surface area contributed by atoms with Crippen molar-refractivity contribution in [1.29, 1.82) is 0 Å². The Labute approximate surface area is 364 Å². The lowest BCUT2D eigenvalue weighted by Crippen LogP contribution is -2.47. The second-order valence-electron chi connectivity index (χ2n) is 15.1. The predicted molar refractivity (Wildman–Crippen MR) is 249 cm³/mol. The number of nitrogens with one attached hydrogen (secondary N) is 2. The summed E-state index contributed by atoms with van der Waals surface area (Å²) in [5, 5.41) is 22.6. The fourth-order valence-electron chi connectivity index (χ4n) is 6.11. The Bertz CT molecular complexity index is 1320. The number of hydrogen-bond acceptors (Lipinski definition) is 6. The summed E-state index contributed by atoms with van der Waals surface area (Å²) in [4.78, 5) is 47.7. The van der Waals surface area contributed by atoms with Crippen LogP contribution in [0.3, 0.4) is 0 Å². The summed E-state index contributed by atoms with van der Waals surface area (Å²) in [6, 6.07) is -1.39. The van der Waals surface area contributed by atoms with Crippen LogP contribution in [-0.4, -0.2) is 59.3 Å². The summed E-state index contributed by atoms with van der Waals surface area (Å²) in [5.41, 5.74) is 0. The van der Waals surface area contributed by atoms with Gasteiger partial charge in [-0.1, -0.05) is 143 Å². The molecule has 0 spiro atoms. The van der Waals surface area contributed by atoms with E-state index >= 15 is 0 Å². The molecular formula is C51H82N2O7. The van der Waals surface area contributed by atoms with Crippen molar-refractivity contribution in [2.24, 2.45) is 0 Å². The van der Waals surface area contributed by atoms with E-state index in [0.717, 1.165) is 141 Å². The molecule has 2 unspecified atom stereocenters. The lowest BCUT2D eigenvalue weighted by Gasteiger charge is -2.18. The van der Waals surface area contributed by atoms with Crippen LogP contribution in [0.15, 0.2) is 97.2 Å². The first kappa shape index (κ1) is 55.8. The highest BCUT2D eigenvalue weighted by Gasteiger charge is 2.19. The van der Waals surface area contributed by atoms with Crippen LogP contribution in [0.25, 0.3) is 0 Å². The zero-order valence-electron chi connectivity index (χ0n) is 37.4. The van der Waals surface area contributed by atoms with Crippen molar-refractivity contribution in [3.05, 3.63) is 97.2 Å². The molecule has 2 atom stereocenters. The van der Waals surface area contributed by atoms with E-state index in [2.05, 4.69) is 122 Å². The number of aliphatic hydroxyl groups is 1. The largest absolute Gasteiger partial charge is 0.480 e. The molecule has 0 heterocycles. The number of allylic oxidation sites excluding steroid dienone is 16. The van der Waals surface area contributed by atoms with Gasteiger partial charge in [-0.2, -0.15) is 0 Å². The maximum Gasteiger partial charge on any atom is 0.328 e. The van der Waals surface area contributed by atoms with E-state index in [1.807, 2.05) is 0 Å². The lowest BCUT2D eigenvalue weighted by molar-refractivity contribution is -0.150. The van der Waals surface area contributed by atoms with Crippen molar-refractivity contribution >= 4 is 23.8 Å². The van der Waals surface area contributed by atoms with Gasteiger partial charge >= 0.3 is 11.9 Å². The number of carboxylic acids is 1. The van der Waals surface area contributed by atoms with Gasteiger partial charge in [-0.3, -0.25) is 14.4 Å². The molecule has 0 rings (SSSR count). The molecule has 0 aliphatic heterocycles. The predicted octanol–water partition coefficient (Wildman–Crippen LogP) is 11.8. The summed E-state index contributed by atoms with van der Waals surface area (Å²) in [7, 11) is 0. The number of esters is 1. The number of aliphatic hydroxyl groups excluding tert-OH is 1. The van der Waals surface area contributed by atoms with Crippen LogP contribution >= 0.6 is 0 Å². The summed E-state index contributed by atoms with van der Waals surface area (Å²) >= 11 is 0. The van der Waals surface area contributed by atoms with E-state index in [-0.39, 0.29) is 30.9 Å². The average molecular weight is 835 g/mol. The van der Waals surface area contributed by atoms with Gasteiger partial charge in [0.05, 0.1) is 13.2 Å². The van der Waals surface area contributed by atoms with Gasteiger partial charge in [0.2, 0.25) is 11.8 Å². The van der Waals surface area contributed by atoms with Gasteiger partial charge in [0, 0.05) is 12.8 Å². The summed E-state index contributed by atoms with van der Waals surface area (Å²) < 4.78 is 6.02. The fraction of sp³-hybridized carbons (Fsp3) is 0.608. The minimum Gasteiger partial charge on any atom is -0.480 e. The molecule has 9 heteroatoms. The molecule has 0 aliphatic rings. The highest BCUT2D eigenvalue weighted by Crippen LogP contribution is 2.18. The van der Waals surface area contributed by atoms with Crippen LogP contribution in [0.1, 0.15) is 174 Å². The smallest absolute Gasteiger partial charge is 0.328 e. The summed E-state index contributed by atoms with van der Waals surface area (Å²) in [5.74, 6) is -2.37. The maximum atomic E-state index is 12.8. The topological polar surface area (TPSA) is 142 Å². The third-order valence-corrected chi connectivity index (χ3v) is 9.58. The molecule has 0 aliphatic carbocycles. The van der Waals surface area contributed by atoms with Gasteiger partial charge in [0.15, 0.2) is 0 Å². The molecule has 0 aromatic heterocycles. The molecule has 0 aromatic rings. The zero-order valence-corrected chi connectivity index (χ0v) is 37.4. The van der Waals surface area contributed by atoms with Gasteiger partial charge in [-0.05, 0) is 116 Å². The van der Waals surface area contributed by atoms with E-state index in [9.17, 15) is 19.2 Å². The molecule has 2 amide bonds. The molecule has 0 aromatic carbocycles. The zero-order chi connectivity index (χ0) is 44.0. The SMILES string of the molecule is CC/C=C\C/C=C\C/C=C\C/C=C\CCCCCCC(=O)OC(CCCC/C=C\C/C=C\C/C=C\C/C=C\CC)CCCCCCCC(=O)NCC(=O)NC(CO)C(=O)O. The van der Waals surface area contributed by atoms with Crippen molar-refractivity contribution in [3.8, 4) is 0 Å². The van der Waals surface area contributed by atoms with E-state index < -0.39 is 24.5 Å². The van der Waals surface area contributed by atoms with E-state index in [4.69, 9.17) is 14.9 Å². The van der Waals surface area contributed by atoms with Crippen molar-refractivity contribution in [2.75, 3.05) is 13.2 Å². The Morgan fingerprint density at radius 3 is 1.38 bits per heavy atom. The first-order valence-electron chi connectivity index (χ1n) is 23.1. The Morgan fingerprint density at radius 2 is 0.900 bits per heavy atom. The van der Waals surface area contributed by atoms with E-state index in [1.54, 1.807) is 0 Å². The first-order valence-corrected chi connectivity index (χ1v) is 23.1. The summed E-state index contributed by atoms with van der Waals surface area (Å²) in [6.45, 7) is 3.24. The normalized spacial score (nSPS) is 13.4. The Balaban J connectivity index is 4.49. The molecule has 0 saturated heterocycles. The Kier molecular flexibility index (Phi) is 41.2. The number of ether oxygens (including phenoxy) is 1. The number of carbonyl (C=O) groups is 4. The monoisotopic (exact) mass is 835 g/mol. The molecule has 338 valence electrons. The lowest BCUT2D eigenvalue weighted by atomic mass is 10.0. The molecular weight excluding hydrogens is 753 g/mol. The minimum atomic E-state index is -1.39. The molecule has 60 heavy (non-hydrogen) atoms. The Hall–Kier alpha value is -4.24. The van der Waals surface area contributed by atoms with Gasteiger partial charge < -0.3 is 25.6 Å².